The molecular formula is C20H17ClFNO4S2. The van der Waals surface area contributed by atoms with E-state index in [1.54, 1.807) is 24.3 Å². The van der Waals surface area contributed by atoms with Gasteiger partial charge in [0, 0.05) is 24.6 Å². The molecule has 9 heteroatoms. The molecule has 1 aromatic heterocycles. The Morgan fingerprint density at radius 2 is 2.07 bits per heavy atom. The number of nitrogens with zero attached hydrogens (tertiary/aromatic N) is 1. The quantitative estimate of drug-likeness (QED) is 0.319. The van der Waals surface area contributed by atoms with E-state index in [1.807, 2.05) is 0 Å². The van der Waals surface area contributed by atoms with E-state index in [-0.39, 0.29) is 17.4 Å². The van der Waals surface area contributed by atoms with Crippen molar-refractivity contribution in [3.63, 3.8) is 0 Å². The molecule has 0 bridgehead atoms. The summed E-state index contributed by atoms with van der Waals surface area (Å²) in [5.41, 5.74) is 0.630. The van der Waals surface area contributed by atoms with Gasteiger partial charge in [0.25, 0.3) is 5.91 Å². The van der Waals surface area contributed by atoms with Gasteiger partial charge in [-0.25, -0.2) is 4.39 Å². The number of rotatable bonds is 8. The zero-order valence-corrected chi connectivity index (χ0v) is 17.6. The zero-order valence-electron chi connectivity index (χ0n) is 15.2. The number of carboxylic acids is 1. The predicted molar refractivity (Wildman–Crippen MR) is 115 cm³/mol. The fourth-order valence-corrected chi connectivity index (χ4v) is 4.25. The number of aliphatic carboxylic acids is 1. The number of carbonyl (C=O) groups is 2. The minimum atomic E-state index is -0.820. The average Bonchev–Trinajstić information content (AvgIpc) is 3.23. The Morgan fingerprint density at radius 3 is 2.79 bits per heavy atom. The molecule has 1 aromatic carbocycles. The van der Waals surface area contributed by atoms with Gasteiger partial charge in [0.15, 0.2) is 0 Å². The van der Waals surface area contributed by atoms with Crippen molar-refractivity contribution in [3.8, 4) is 11.3 Å². The van der Waals surface area contributed by atoms with Crippen molar-refractivity contribution in [2.75, 3.05) is 6.54 Å². The Balaban J connectivity index is 1.64. The second-order valence-electron chi connectivity index (χ2n) is 6.37. The van der Waals surface area contributed by atoms with Gasteiger partial charge in [-0.2, -0.15) is 0 Å². The van der Waals surface area contributed by atoms with Crippen LogP contribution in [-0.2, 0) is 9.59 Å². The molecule has 1 amide bonds. The highest BCUT2D eigenvalue weighted by atomic mass is 35.5. The number of halogens is 2. The third-order valence-electron chi connectivity index (χ3n) is 4.25. The van der Waals surface area contributed by atoms with Crippen LogP contribution in [0, 0.1) is 5.82 Å². The second kappa shape index (κ2) is 9.56. The second-order valence-corrected chi connectivity index (χ2v) is 8.45. The highest BCUT2D eigenvalue weighted by Gasteiger charge is 2.31. The molecule has 1 N–H and O–H groups in total. The minimum absolute atomic E-state index is 0.00433. The standard InChI is InChI=1S/C20H17ClFNO4S2/c21-14-10-12(5-7-15(14)22)16-8-6-13(27-16)11-17-19(26)23(20(28)29-17)9-3-1-2-4-18(24)25/h5-8,10-11H,1-4,9H2,(H,24,25). The topological polar surface area (TPSA) is 70.8 Å². The maximum atomic E-state index is 13.3. The van der Waals surface area contributed by atoms with Crippen LogP contribution in [0.3, 0.4) is 0 Å². The van der Waals surface area contributed by atoms with E-state index in [9.17, 15) is 14.0 Å². The third-order valence-corrected chi connectivity index (χ3v) is 5.92. The highest BCUT2D eigenvalue weighted by molar-refractivity contribution is 8.26. The van der Waals surface area contributed by atoms with Crippen LogP contribution in [0.1, 0.15) is 31.4 Å². The summed E-state index contributed by atoms with van der Waals surface area (Å²) >= 11 is 12.3. The van der Waals surface area contributed by atoms with Gasteiger partial charge in [-0.3, -0.25) is 14.5 Å². The molecule has 1 fully saturated rings. The number of amides is 1. The zero-order chi connectivity index (χ0) is 21.0. The normalized spacial score (nSPS) is 15.5. The summed E-state index contributed by atoms with van der Waals surface area (Å²) in [6.07, 6.45) is 3.71. The summed E-state index contributed by atoms with van der Waals surface area (Å²) in [6, 6.07) is 7.74. The van der Waals surface area contributed by atoms with Gasteiger partial charge in [-0.15, -0.1) is 0 Å². The number of hydrogen-bond acceptors (Lipinski definition) is 5. The van der Waals surface area contributed by atoms with Gasteiger partial charge in [0.2, 0.25) is 0 Å². The van der Waals surface area contributed by atoms with E-state index in [1.165, 1.54) is 28.8 Å². The molecule has 0 unspecified atom stereocenters. The first kappa shape index (κ1) is 21.5. The number of thioether (sulfide) groups is 1. The summed E-state index contributed by atoms with van der Waals surface area (Å²) in [5, 5.41) is 8.66. The Labute approximate surface area is 181 Å². The van der Waals surface area contributed by atoms with E-state index in [0.717, 1.165) is 0 Å². The lowest BCUT2D eigenvalue weighted by atomic mass is 10.2. The first-order valence-electron chi connectivity index (χ1n) is 8.87. The number of furan rings is 1. The smallest absolute Gasteiger partial charge is 0.303 e. The SMILES string of the molecule is O=C(O)CCCCCN1C(=O)C(=Cc2ccc(-c3ccc(F)c(Cl)c3)o2)SC1=S. The molecule has 0 saturated carbocycles. The average molecular weight is 454 g/mol. The summed E-state index contributed by atoms with van der Waals surface area (Å²) in [6.45, 7) is 0.457. The van der Waals surface area contributed by atoms with Crippen molar-refractivity contribution in [3.05, 3.63) is 51.8 Å². The van der Waals surface area contributed by atoms with Crippen molar-refractivity contribution < 1.29 is 23.5 Å². The number of thiocarbonyl (C=S) groups is 1. The largest absolute Gasteiger partial charge is 0.481 e. The molecule has 0 aliphatic carbocycles. The molecule has 1 aliphatic rings. The van der Waals surface area contributed by atoms with Crippen molar-refractivity contribution in [2.24, 2.45) is 0 Å². The van der Waals surface area contributed by atoms with Crippen molar-refractivity contribution in [1.82, 2.24) is 4.90 Å². The Bertz CT molecular complexity index is 989. The van der Waals surface area contributed by atoms with E-state index < -0.39 is 11.8 Å². The Morgan fingerprint density at radius 1 is 1.28 bits per heavy atom. The van der Waals surface area contributed by atoms with Gasteiger partial charge in [0.1, 0.15) is 21.7 Å². The molecule has 2 heterocycles. The molecule has 3 rings (SSSR count). The van der Waals surface area contributed by atoms with E-state index in [2.05, 4.69) is 0 Å². The Kier molecular flexibility index (Phi) is 7.10. The molecule has 1 saturated heterocycles. The summed E-state index contributed by atoms with van der Waals surface area (Å²) in [7, 11) is 0. The predicted octanol–water partition coefficient (Wildman–Crippen LogP) is 5.59. The van der Waals surface area contributed by atoms with Crippen molar-refractivity contribution >= 4 is 57.9 Å². The van der Waals surface area contributed by atoms with E-state index in [0.29, 0.717) is 52.1 Å². The van der Waals surface area contributed by atoms with E-state index in [4.69, 9.17) is 33.3 Å². The third kappa shape index (κ3) is 5.46. The lowest BCUT2D eigenvalue weighted by molar-refractivity contribution is -0.137. The van der Waals surface area contributed by atoms with Crippen molar-refractivity contribution in [1.29, 1.82) is 0 Å². The van der Waals surface area contributed by atoms with Crippen LogP contribution in [0.25, 0.3) is 17.4 Å². The number of benzene rings is 1. The van der Waals surface area contributed by atoms with Crippen LogP contribution >= 0.6 is 35.6 Å². The van der Waals surface area contributed by atoms with Crippen LogP contribution in [0.5, 0.6) is 0 Å². The summed E-state index contributed by atoms with van der Waals surface area (Å²) < 4.78 is 19.5. The number of carboxylic acid groups (broad SMARTS) is 1. The molecule has 2 aromatic rings. The maximum absolute atomic E-state index is 13.3. The first-order valence-corrected chi connectivity index (χ1v) is 10.5. The lowest BCUT2D eigenvalue weighted by Gasteiger charge is -2.13. The Hall–Kier alpha value is -2.16. The van der Waals surface area contributed by atoms with Crippen molar-refractivity contribution in [2.45, 2.75) is 25.7 Å². The number of carbonyl (C=O) groups excluding carboxylic acids is 1. The van der Waals surface area contributed by atoms with Crippen LogP contribution in [0.2, 0.25) is 5.02 Å². The fraction of sp³-hybridized carbons (Fsp3) is 0.250. The number of unbranched alkanes of at least 4 members (excludes halogenated alkanes) is 2. The molecule has 1 aliphatic heterocycles. The molecule has 5 nitrogen and oxygen atoms in total. The van der Waals surface area contributed by atoms with Gasteiger partial charge in [0.05, 0.1) is 9.93 Å². The first-order chi connectivity index (χ1) is 13.8. The molecule has 0 spiro atoms. The molecule has 29 heavy (non-hydrogen) atoms. The maximum Gasteiger partial charge on any atom is 0.303 e. The van der Waals surface area contributed by atoms with Gasteiger partial charge < -0.3 is 9.52 Å². The molecule has 0 atom stereocenters. The fourth-order valence-electron chi connectivity index (χ4n) is 2.78. The van der Waals surface area contributed by atoms with Gasteiger partial charge in [-0.05, 0) is 43.2 Å². The molecular weight excluding hydrogens is 437 g/mol. The summed E-state index contributed by atoms with van der Waals surface area (Å²) in [4.78, 5) is 25.1. The van der Waals surface area contributed by atoms with Crippen LogP contribution < -0.4 is 0 Å². The minimum Gasteiger partial charge on any atom is -0.481 e. The van der Waals surface area contributed by atoms with Gasteiger partial charge in [-0.1, -0.05) is 42.0 Å². The molecule has 0 radical (unpaired) electrons. The van der Waals surface area contributed by atoms with Crippen LogP contribution in [0.4, 0.5) is 4.39 Å². The molecule has 152 valence electrons. The summed E-state index contributed by atoms with van der Waals surface area (Å²) in [5.74, 6) is -0.538. The number of hydrogen-bond donors (Lipinski definition) is 1. The van der Waals surface area contributed by atoms with Gasteiger partial charge >= 0.3 is 5.97 Å². The highest BCUT2D eigenvalue weighted by Crippen LogP contribution is 2.34. The monoisotopic (exact) mass is 453 g/mol. The lowest BCUT2D eigenvalue weighted by Crippen LogP contribution is -2.29. The van der Waals surface area contributed by atoms with E-state index >= 15 is 0 Å². The van der Waals surface area contributed by atoms with Crippen LogP contribution in [0.15, 0.2) is 39.7 Å². The van der Waals surface area contributed by atoms with Crippen LogP contribution in [-0.4, -0.2) is 32.7 Å².